The Morgan fingerprint density at radius 2 is 2.30 bits per heavy atom. The number of carboxylic acid groups (broad SMARTS) is 1. The minimum atomic E-state index is -0.805. The Morgan fingerprint density at radius 1 is 1.50 bits per heavy atom. The number of hydrogen-bond acceptors (Lipinski definition) is 3. The Balaban J connectivity index is 1.91. The predicted octanol–water partition coefficient (Wildman–Crippen LogP) is 2.77. The van der Waals surface area contributed by atoms with Crippen molar-refractivity contribution in [3.05, 3.63) is 28.6 Å². The number of carboxylic acids is 1. The Kier molecular flexibility index (Phi) is 5.00. The van der Waals surface area contributed by atoms with Gasteiger partial charge in [0, 0.05) is 25.6 Å². The van der Waals surface area contributed by atoms with Crippen LogP contribution >= 0.6 is 15.9 Å². The fraction of sp³-hybridized carbons (Fsp3) is 0.429. The molecule has 1 aromatic rings. The molecule has 0 radical (unpaired) electrons. The normalized spacial score (nSPS) is 19.4. The minimum absolute atomic E-state index is 0.0522. The first-order valence-corrected chi connectivity index (χ1v) is 7.28. The first kappa shape index (κ1) is 14.8. The molecule has 0 aliphatic carbocycles. The summed E-state index contributed by atoms with van der Waals surface area (Å²) >= 11 is 3.20. The summed E-state index contributed by atoms with van der Waals surface area (Å²) in [6, 6.07) is 3.52. The zero-order chi connectivity index (χ0) is 14.5. The van der Waals surface area contributed by atoms with Crippen LogP contribution in [0.2, 0.25) is 0 Å². The van der Waals surface area contributed by atoms with Crippen molar-refractivity contribution in [2.75, 3.05) is 13.1 Å². The third-order valence-electron chi connectivity index (χ3n) is 3.28. The maximum Gasteiger partial charge on any atom is 0.303 e. The second-order valence-electron chi connectivity index (χ2n) is 4.87. The summed E-state index contributed by atoms with van der Waals surface area (Å²) < 4.78 is 5.89. The molecule has 2 heterocycles. The molecule has 6 heteroatoms. The molecule has 108 valence electrons. The average Bonchev–Trinajstić information content (AvgIpc) is 2.81. The van der Waals surface area contributed by atoms with E-state index in [2.05, 4.69) is 15.9 Å². The van der Waals surface area contributed by atoms with Crippen LogP contribution in [0.25, 0.3) is 6.08 Å². The predicted molar refractivity (Wildman–Crippen MR) is 77.0 cm³/mol. The number of rotatable bonds is 4. The van der Waals surface area contributed by atoms with Gasteiger partial charge >= 0.3 is 5.97 Å². The number of aliphatic carboxylic acids is 1. The molecule has 0 aromatic carbocycles. The molecule has 1 N–H and O–H groups in total. The van der Waals surface area contributed by atoms with E-state index in [9.17, 15) is 9.59 Å². The first-order valence-electron chi connectivity index (χ1n) is 6.48. The van der Waals surface area contributed by atoms with Gasteiger partial charge in [-0.25, -0.2) is 0 Å². The van der Waals surface area contributed by atoms with Crippen LogP contribution in [0.4, 0.5) is 0 Å². The standard InChI is InChI=1S/C14H16BrNO4/c15-12-5-3-11(20-12)4-6-13(17)16-7-1-2-10(9-16)8-14(18)19/h3-6,10H,1-2,7-9H2,(H,18,19). The molecule has 5 nitrogen and oxygen atoms in total. The van der Waals surface area contributed by atoms with Crippen LogP contribution in [-0.4, -0.2) is 35.0 Å². The maximum atomic E-state index is 12.0. The van der Waals surface area contributed by atoms with Crippen molar-refractivity contribution in [1.29, 1.82) is 0 Å². The number of piperidine rings is 1. The van der Waals surface area contributed by atoms with Crippen molar-refractivity contribution < 1.29 is 19.1 Å². The molecule has 1 aliphatic rings. The topological polar surface area (TPSA) is 70.8 Å². The molecule has 2 rings (SSSR count). The largest absolute Gasteiger partial charge is 0.481 e. The van der Waals surface area contributed by atoms with E-state index >= 15 is 0 Å². The molecule has 0 bridgehead atoms. The molecule has 20 heavy (non-hydrogen) atoms. The molecule has 1 atom stereocenters. The van der Waals surface area contributed by atoms with E-state index in [4.69, 9.17) is 9.52 Å². The third kappa shape index (κ3) is 4.23. The van der Waals surface area contributed by atoms with Gasteiger partial charge in [-0.05, 0) is 52.9 Å². The van der Waals surface area contributed by atoms with E-state index in [1.54, 1.807) is 23.1 Å². The molecule has 0 spiro atoms. The highest BCUT2D eigenvalue weighted by Gasteiger charge is 2.24. The monoisotopic (exact) mass is 341 g/mol. The summed E-state index contributed by atoms with van der Waals surface area (Å²) in [6.45, 7) is 1.19. The summed E-state index contributed by atoms with van der Waals surface area (Å²) in [5.74, 6) is -0.256. The third-order valence-corrected chi connectivity index (χ3v) is 3.70. The lowest BCUT2D eigenvalue weighted by Gasteiger charge is -2.31. The van der Waals surface area contributed by atoms with Crippen LogP contribution in [-0.2, 0) is 9.59 Å². The zero-order valence-corrected chi connectivity index (χ0v) is 12.5. The van der Waals surface area contributed by atoms with Gasteiger partial charge in [0.15, 0.2) is 4.67 Å². The van der Waals surface area contributed by atoms with Gasteiger partial charge in [0.25, 0.3) is 0 Å². The molecule has 0 saturated carbocycles. The quantitative estimate of drug-likeness (QED) is 0.854. The van der Waals surface area contributed by atoms with Crippen LogP contribution < -0.4 is 0 Å². The number of likely N-dealkylation sites (tertiary alicyclic amines) is 1. The van der Waals surface area contributed by atoms with Gasteiger partial charge < -0.3 is 14.4 Å². The second kappa shape index (κ2) is 6.74. The molecule has 1 unspecified atom stereocenters. The molecule has 1 aromatic heterocycles. The Morgan fingerprint density at radius 3 is 2.95 bits per heavy atom. The van der Waals surface area contributed by atoms with Crippen LogP contribution in [0.3, 0.4) is 0 Å². The molecule has 1 amide bonds. The van der Waals surface area contributed by atoms with Crippen molar-refractivity contribution in [2.45, 2.75) is 19.3 Å². The average molecular weight is 342 g/mol. The summed E-state index contributed by atoms with van der Waals surface area (Å²) in [7, 11) is 0. The molecule has 1 aliphatic heterocycles. The van der Waals surface area contributed by atoms with Crippen molar-refractivity contribution in [3.63, 3.8) is 0 Å². The summed E-state index contributed by atoms with van der Waals surface area (Å²) in [6.07, 6.45) is 4.93. The highest BCUT2D eigenvalue weighted by atomic mass is 79.9. The Bertz CT molecular complexity index is 523. The van der Waals surface area contributed by atoms with E-state index in [-0.39, 0.29) is 18.2 Å². The number of amides is 1. The summed E-state index contributed by atoms with van der Waals surface area (Å²) in [5, 5.41) is 8.81. The lowest BCUT2D eigenvalue weighted by atomic mass is 9.95. The molecule has 1 fully saturated rings. The number of carbonyl (C=O) groups excluding carboxylic acids is 1. The Hall–Kier alpha value is -1.56. The van der Waals surface area contributed by atoms with Gasteiger partial charge in [0.1, 0.15) is 5.76 Å². The number of nitrogens with zero attached hydrogens (tertiary/aromatic N) is 1. The first-order chi connectivity index (χ1) is 9.54. The lowest BCUT2D eigenvalue weighted by molar-refractivity contribution is -0.139. The summed E-state index contributed by atoms with van der Waals surface area (Å²) in [4.78, 5) is 24.5. The van der Waals surface area contributed by atoms with Crippen LogP contribution in [0.1, 0.15) is 25.0 Å². The van der Waals surface area contributed by atoms with Gasteiger partial charge in [-0.1, -0.05) is 0 Å². The van der Waals surface area contributed by atoms with E-state index in [1.807, 2.05) is 0 Å². The fourth-order valence-electron chi connectivity index (χ4n) is 2.36. The minimum Gasteiger partial charge on any atom is -0.481 e. The van der Waals surface area contributed by atoms with Gasteiger partial charge in [0.2, 0.25) is 5.91 Å². The van der Waals surface area contributed by atoms with Crippen LogP contribution in [0.15, 0.2) is 27.3 Å². The molecule has 1 saturated heterocycles. The van der Waals surface area contributed by atoms with Gasteiger partial charge in [0.05, 0.1) is 0 Å². The van der Waals surface area contributed by atoms with Crippen LogP contribution in [0, 0.1) is 5.92 Å². The number of furan rings is 1. The number of halogens is 1. The SMILES string of the molecule is O=C(O)CC1CCCN(C(=O)C=Cc2ccc(Br)o2)C1. The van der Waals surface area contributed by atoms with E-state index in [0.29, 0.717) is 23.5 Å². The van der Waals surface area contributed by atoms with Gasteiger partial charge in [-0.3, -0.25) is 9.59 Å². The van der Waals surface area contributed by atoms with E-state index < -0.39 is 5.97 Å². The molecular weight excluding hydrogens is 326 g/mol. The zero-order valence-electron chi connectivity index (χ0n) is 10.9. The highest BCUT2D eigenvalue weighted by molar-refractivity contribution is 9.10. The maximum absolute atomic E-state index is 12.0. The number of hydrogen-bond donors (Lipinski definition) is 1. The van der Waals surface area contributed by atoms with E-state index in [1.165, 1.54) is 6.08 Å². The van der Waals surface area contributed by atoms with Crippen LogP contribution in [0.5, 0.6) is 0 Å². The van der Waals surface area contributed by atoms with Crippen molar-refractivity contribution in [2.24, 2.45) is 5.92 Å². The van der Waals surface area contributed by atoms with Gasteiger partial charge in [-0.2, -0.15) is 0 Å². The van der Waals surface area contributed by atoms with Crippen molar-refractivity contribution >= 4 is 33.9 Å². The van der Waals surface area contributed by atoms with Crippen molar-refractivity contribution in [1.82, 2.24) is 4.90 Å². The van der Waals surface area contributed by atoms with Gasteiger partial charge in [-0.15, -0.1) is 0 Å². The fourth-order valence-corrected chi connectivity index (χ4v) is 2.67. The van der Waals surface area contributed by atoms with Crippen molar-refractivity contribution in [3.8, 4) is 0 Å². The Labute approximate surface area is 125 Å². The van der Waals surface area contributed by atoms with E-state index in [0.717, 1.165) is 12.8 Å². The smallest absolute Gasteiger partial charge is 0.303 e. The lowest BCUT2D eigenvalue weighted by Crippen LogP contribution is -2.39. The number of carbonyl (C=O) groups is 2. The molecular formula is C14H16BrNO4. The highest BCUT2D eigenvalue weighted by Crippen LogP contribution is 2.20. The summed E-state index contributed by atoms with van der Waals surface area (Å²) in [5.41, 5.74) is 0. The second-order valence-corrected chi connectivity index (χ2v) is 5.65.